The maximum absolute atomic E-state index is 5.82. The van der Waals surface area contributed by atoms with Crippen LogP contribution in [0.2, 0.25) is 0 Å². The molecule has 0 amide bonds. The lowest BCUT2D eigenvalue weighted by molar-refractivity contribution is 0.643. The fraction of sp³-hybridized carbons (Fsp3) is 0.556. The van der Waals surface area contributed by atoms with E-state index in [9.17, 15) is 0 Å². The molecule has 0 unspecified atom stereocenters. The highest BCUT2D eigenvalue weighted by molar-refractivity contribution is 6.22. The summed E-state index contributed by atoms with van der Waals surface area (Å²) in [5.74, 6) is 1.58. The molecule has 0 atom stereocenters. The lowest BCUT2D eigenvalue weighted by atomic mass is 10.1. The van der Waals surface area contributed by atoms with Crippen LogP contribution in [-0.4, -0.2) is 27.3 Å². The van der Waals surface area contributed by atoms with Gasteiger partial charge in [-0.3, -0.25) is 4.98 Å². The van der Waals surface area contributed by atoms with Crippen molar-refractivity contribution in [2.24, 2.45) is 0 Å². The van der Waals surface area contributed by atoms with Crippen molar-refractivity contribution < 1.29 is 0 Å². The summed E-state index contributed by atoms with van der Waals surface area (Å²) in [6.45, 7) is 3.83. The molecule has 0 saturated heterocycles. The molecule has 0 aliphatic heterocycles. The Morgan fingerprint density at radius 2 is 1.86 bits per heavy atom. The van der Waals surface area contributed by atoms with Crippen LogP contribution in [0.25, 0.3) is 0 Å². The second-order valence-electron chi connectivity index (χ2n) is 3.44. The molecule has 78 valence electrons. The number of rotatable bonds is 4. The van der Waals surface area contributed by atoms with E-state index in [1.807, 2.05) is 13.8 Å². The first-order valence-electron chi connectivity index (χ1n) is 4.29. The molecule has 0 spiro atoms. The fourth-order valence-corrected chi connectivity index (χ4v) is 1.34. The predicted molar refractivity (Wildman–Crippen MR) is 60.2 cm³/mol. The Balaban J connectivity index is 2.82. The van der Waals surface area contributed by atoms with Gasteiger partial charge in [0.1, 0.15) is 5.82 Å². The zero-order valence-corrected chi connectivity index (χ0v) is 9.73. The molecule has 1 rings (SSSR count). The van der Waals surface area contributed by atoms with E-state index in [1.165, 1.54) is 0 Å². The van der Waals surface area contributed by atoms with Crippen molar-refractivity contribution >= 4 is 29.0 Å². The number of aromatic nitrogens is 2. The highest BCUT2D eigenvalue weighted by Gasteiger charge is 2.22. The minimum atomic E-state index is -0.343. The van der Waals surface area contributed by atoms with Crippen LogP contribution in [0.3, 0.4) is 0 Å². The second-order valence-corrected chi connectivity index (χ2v) is 3.98. The lowest BCUT2D eigenvalue weighted by Crippen LogP contribution is -2.39. The second kappa shape index (κ2) is 4.80. The molecular weight excluding hydrogens is 221 g/mol. The van der Waals surface area contributed by atoms with E-state index >= 15 is 0 Å². The average molecular weight is 234 g/mol. The summed E-state index contributed by atoms with van der Waals surface area (Å²) in [7, 11) is 0. The topological polar surface area (TPSA) is 37.8 Å². The first kappa shape index (κ1) is 11.5. The lowest BCUT2D eigenvalue weighted by Gasteiger charge is -2.26. The summed E-state index contributed by atoms with van der Waals surface area (Å²) >= 11 is 11.6. The Kier molecular flexibility index (Phi) is 3.96. The first-order valence-corrected chi connectivity index (χ1v) is 5.36. The van der Waals surface area contributed by atoms with Crippen LogP contribution in [0.5, 0.6) is 0 Å². The Labute approximate surface area is 93.9 Å². The van der Waals surface area contributed by atoms with Crippen LogP contribution in [0.15, 0.2) is 12.4 Å². The highest BCUT2D eigenvalue weighted by atomic mass is 35.5. The van der Waals surface area contributed by atoms with E-state index in [0.717, 1.165) is 11.5 Å². The Hall–Kier alpha value is -0.540. The Morgan fingerprint density at radius 3 is 2.36 bits per heavy atom. The smallest absolute Gasteiger partial charge is 0.147 e. The number of hydrogen-bond donors (Lipinski definition) is 1. The van der Waals surface area contributed by atoms with Crippen molar-refractivity contribution in [3.05, 3.63) is 18.1 Å². The van der Waals surface area contributed by atoms with Gasteiger partial charge in [0.05, 0.1) is 11.2 Å². The van der Waals surface area contributed by atoms with Crippen molar-refractivity contribution in [1.82, 2.24) is 9.97 Å². The summed E-state index contributed by atoms with van der Waals surface area (Å²) < 4.78 is 0. The molecule has 0 aliphatic rings. The van der Waals surface area contributed by atoms with Gasteiger partial charge in [0.15, 0.2) is 0 Å². The van der Waals surface area contributed by atoms with Crippen LogP contribution >= 0.6 is 23.2 Å². The van der Waals surface area contributed by atoms with Crippen LogP contribution in [0.4, 0.5) is 5.82 Å². The number of anilines is 1. The summed E-state index contributed by atoms with van der Waals surface area (Å²) in [4.78, 5) is 8.29. The number of alkyl halides is 2. The Morgan fingerprint density at radius 1 is 1.29 bits per heavy atom. The zero-order chi connectivity index (χ0) is 10.6. The number of nitrogens with one attached hydrogen (secondary N) is 1. The summed E-state index contributed by atoms with van der Waals surface area (Å²) in [6, 6.07) is 0. The SMILES string of the molecule is Cc1nccnc1NC(C)(CCl)CCl. The van der Waals surface area contributed by atoms with E-state index in [4.69, 9.17) is 23.2 Å². The molecular formula is C9H13Cl2N3. The molecule has 0 aromatic carbocycles. The third kappa shape index (κ3) is 2.72. The van der Waals surface area contributed by atoms with Crippen molar-refractivity contribution in [2.45, 2.75) is 19.4 Å². The van der Waals surface area contributed by atoms with Gasteiger partial charge in [-0.15, -0.1) is 23.2 Å². The van der Waals surface area contributed by atoms with E-state index in [-0.39, 0.29) is 5.54 Å². The summed E-state index contributed by atoms with van der Waals surface area (Å²) in [6.07, 6.45) is 3.29. The van der Waals surface area contributed by atoms with Gasteiger partial charge in [0.2, 0.25) is 0 Å². The normalized spacial score (nSPS) is 11.4. The predicted octanol–water partition coefficient (Wildman–Crippen LogP) is 2.43. The third-order valence-electron chi connectivity index (χ3n) is 1.89. The highest BCUT2D eigenvalue weighted by Crippen LogP contribution is 2.17. The largest absolute Gasteiger partial charge is 0.361 e. The molecule has 1 aromatic rings. The molecule has 0 bridgehead atoms. The van der Waals surface area contributed by atoms with Crippen molar-refractivity contribution in [1.29, 1.82) is 0 Å². The van der Waals surface area contributed by atoms with E-state index < -0.39 is 0 Å². The molecule has 0 radical (unpaired) electrons. The molecule has 0 aliphatic carbocycles. The minimum absolute atomic E-state index is 0.343. The number of nitrogens with zero attached hydrogens (tertiary/aromatic N) is 2. The molecule has 1 heterocycles. The van der Waals surface area contributed by atoms with E-state index in [1.54, 1.807) is 12.4 Å². The van der Waals surface area contributed by atoms with Gasteiger partial charge in [0.25, 0.3) is 0 Å². The van der Waals surface area contributed by atoms with Crippen molar-refractivity contribution in [2.75, 3.05) is 17.1 Å². The quantitative estimate of drug-likeness (QED) is 0.813. The fourth-order valence-electron chi connectivity index (χ4n) is 0.919. The van der Waals surface area contributed by atoms with Crippen LogP contribution < -0.4 is 5.32 Å². The molecule has 3 nitrogen and oxygen atoms in total. The molecule has 0 fully saturated rings. The molecule has 0 saturated carbocycles. The molecule has 5 heteroatoms. The standard InChI is InChI=1S/C9H13Cl2N3/c1-7-8(13-4-3-12-7)14-9(2,5-10)6-11/h3-4H,5-6H2,1-2H3,(H,13,14). The Bertz CT molecular complexity index is 300. The van der Waals surface area contributed by atoms with Crippen molar-refractivity contribution in [3.8, 4) is 0 Å². The number of aryl methyl sites for hydroxylation is 1. The third-order valence-corrected chi connectivity index (χ3v) is 3.07. The maximum Gasteiger partial charge on any atom is 0.147 e. The number of halogens is 2. The molecule has 1 aromatic heterocycles. The maximum atomic E-state index is 5.82. The zero-order valence-electron chi connectivity index (χ0n) is 8.22. The minimum Gasteiger partial charge on any atom is -0.361 e. The van der Waals surface area contributed by atoms with Crippen molar-refractivity contribution in [3.63, 3.8) is 0 Å². The van der Waals surface area contributed by atoms with E-state index in [2.05, 4.69) is 15.3 Å². The molecule has 14 heavy (non-hydrogen) atoms. The average Bonchev–Trinajstić information content (AvgIpc) is 2.21. The van der Waals surface area contributed by atoms with Crippen LogP contribution in [0.1, 0.15) is 12.6 Å². The van der Waals surface area contributed by atoms with Gasteiger partial charge in [-0.1, -0.05) is 0 Å². The van der Waals surface area contributed by atoms with Gasteiger partial charge in [-0.25, -0.2) is 4.98 Å². The van der Waals surface area contributed by atoms with Crippen LogP contribution in [0, 0.1) is 6.92 Å². The van der Waals surface area contributed by atoms with Gasteiger partial charge < -0.3 is 5.32 Å². The molecule has 1 N–H and O–H groups in total. The summed E-state index contributed by atoms with van der Waals surface area (Å²) in [5, 5.41) is 3.19. The van der Waals surface area contributed by atoms with Crippen LogP contribution in [-0.2, 0) is 0 Å². The van der Waals surface area contributed by atoms with Gasteiger partial charge in [-0.05, 0) is 13.8 Å². The number of hydrogen-bond acceptors (Lipinski definition) is 3. The summed E-state index contributed by atoms with van der Waals surface area (Å²) in [5.41, 5.74) is 0.498. The van der Waals surface area contributed by atoms with Gasteiger partial charge in [-0.2, -0.15) is 0 Å². The van der Waals surface area contributed by atoms with E-state index in [0.29, 0.717) is 11.8 Å². The van der Waals surface area contributed by atoms with Gasteiger partial charge >= 0.3 is 0 Å². The van der Waals surface area contributed by atoms with Gasteiger partial charge in [0, 0.05) is 24.2 Å². The first-order chi connectivity index (χ1) is 6.61. The monoisotopic (exact) mass is 233 g/mol.